The van der Waals surface area contributed by atoms with Gasteiger partial charge in [-0.15, -0.1) is 0 Å². The van der Waals surface area contributed by atoms with E-state index < -0.39 is 0 Å². The maximum Gasteiger partial charge on any atom is 0.115 e. The molecule has 0 spiro atoms. The molecule has 2 rings (SSSR count). The number of nitrogens with one attached hydrogen (secondary N) is 1. The molecule has 1 heterocycles. The first-order valence-corrected chi connectivity index (χ1v) is 6.31. The van der Waals surface area contributed by atoms with Crippen LogP contribution < -0.4 is 5.32 Å². The first-order valence-electron chi connectivity index (χ1n) is 6.31. The first kappa shape index (κ1) is 11.5. The van der Waals surface area contributed by atoms with Crippen molar-refractivity contribution in [3.63, 3.8) is 0 Å². The fourth-order valence-electron chi connectivity index (χ4n) is 2.81. The van der Waals surface area contributed by atoms with E-state index in [-0.39, 0.29) is 0 Å². The summed E-state index contributed by atoms with van der Waals surface area (Å²) in [5.41, 5.74) is 1.38. The summed E-state index contributed by atoms with van der Waals surface area (Å²) in [6, 6.07) is 7.76. The molecule has 0 radical (unpaired) electrons. The second kappa shape index (κ2) is 5.35. The minimum absolute atomic E-state index is 0.365. The van der Waals surface area contributed by atoms with Gasteiger partial charge in [-0.05, 0) is 61.9 Å². The third kappa shape index (κ3) is 2.56. The molecule has 1 saturated heterocycles. The molecule has 1 aromatic carbocycles. The lowest BCUT2D eigenvalue weighted by atomic mass is 9.79. The molecule has 1 aromatic rings. The van der Waals surface area contributed by atoms with Crippen LogP contribution in [0.25, 0.3) is 0 Å². The predicted molar refractivity (Wildman–Crippen MR) is 66.7 cm³/mol. The molecule has 0 aliphatic carbocycles. The summed E-state index contributed by atoms with van der Waals surface area (Å²) >= 11 is 0. The van der Waals surface area contributed by atoms with Gasteiger partial charge < -0.3 is 10.4 Å². The molecular formula is C14H21NO. The fourth-order valence-corrected chi connectivity index (χ4v) is 2.81. The van der Waals surface area contributed by atoms with Gasteiger partial charge in [0.15, 0.2) is 0 Å². The van der Waals surface area contributed by atoms with Gasteiger partial charge in [-0.1, -0.05) is 19.1 Å². The average Bonchev–Trinajstić information content (AvgIpc) is 2.34. The van der Waals surface area contributed by atoms with Crippen LogP contribution in [0.1, 0.15) is 37.7 Å². The number of phenolic OH excluding ortho intramolecular Hbond substituents is 1. The van der Waals surface area contributed by atoms with Crippen LogP contribution in [0.15, 0.2) is 24.3 Å². The number of piperidine rings is 1. The van der Waals surface area contributed by atoms with Crippen LogP contribution in [0.4, 0.5) is 0 Å². The Morgan fingerprint density at radius 1 is 1.25 bits per heavy atom. The molecule has 2 heteroatoms. The van der Waals surface area contributed by atoms with Crippen LogP contribution in [0.2, 0.25) is 0 Å². The highest BCUT2D eigenvalue weighted by atomic mass is 16.3. The maximum atomic E-state index is 9.31. The molecule has 0 saturated carbocycles. The topological polar surface area (TPSA) is 32.3 Å². The van der Waals surface area contributed by atoms with Crippen LogP contribution in [0, 0.1) is 5.92 Å². The van der Waals surface area contributed by atoms with Crippen molar-refractivity contribution >= 4 is 0 Å². The summed E-state index contributed by atoms with van der Waals surface area (Å²) < 4.78 is 0. The lowest BCUT2D eigenvalue weighted by Crippen LogP contribution is -2.30. The van der Waals surface area contributed by atoms with Gasteiger partial charge in [0.1, 0.15) is 5.75 Å². The van der Waals surface area contributed by atoms with E-state index >= 15 is 0 Å². The van der Waals surface area contributed by atoms with Gasteiger partial charge in [-0.3, -0.25) is 0 Å². The van der Waals surface area contributed by atoms with E-state index in [1.807, 2.05) is 0 Å². The Bertz CT molecular complexity index is 314. The van der Waals surface area contributed by atoms with Gasteiger partial charge in [0.2, 0.25) is 0 Å². The second-order valence-corrected chi connectivity index (χ2v) is 4.69. The molecule has 1 atom stereocenters. The van der Waals surface area contributed by atoms with Crippen molar-refractivity contribution in [2.75, 3.05) is 13.1 Å². The molecule has 0 amide bonds. The Kier molecular flexibility index (Phi) is 3.83. The van der Waals surface area contributed by atoms with E-state index in [2.05, 4.69) is 24.4 Å². The van der Waals surface area contributed by atoms with E-state index in [0.29, 0.717) is 11.7 Å². The lowest BCUT2D eigenvalue weighted by Gasteiger charge is -2.30. The van der Waals surface area contributed by atoms with Crippen molar-refractivity contribution < 1.29 is 5.11 Å². The first-order chi connectivity index (χ1) is 7.81. The summed E-state index contributed by atoms with van der Waals surface area (Å²) in [6.07, 6.45) is 3.74. The second-order valence-electron chi connectivity index (χ2n) is 4.69. The highest BCUT2D eigenvalue weighted by Gasteiger charge is 2.23. The van der Waals surface area contributed by atoms with Gasteiger partial charge in [-0.2, -0.15) is 0 Å². The largest absolute Gasteiger partial charge is 0.508 e. The SMILES string of the molecule is CCC(c1ccc(O)cc1)C1CCNCC1. The van der Waals surface area contributed by atoms with E-state index in [1.54, 1.807) is 12.1 Å². The lowest BCUT2D eigenvalue weighted by molar-refractivity contribution is 0.312. The Hall–Kier alpha value is -1.02. The van der Waals surface area contributed by atoms with Crippen LogP contribution in [0.5, 0.6) is 5.75 Å². The summed E-state index contributed by atoms with van der Waals surface area (Å²) in [5, 5.41) is 12.7. The summed E-state index contributed by atoms with van der Waals surface area (Å²) in [5.74, 6) is 1.82. The molecule has 88 valence electrons. The number of aromatic hydroxyl groups is 1. The minimum atomic E-state index is 0.365. The number of hydrogen-bond donors (Lipinski definition) is 2. The monoisotopic (exact) mass is 219 g/mol. The van der Waals surface area contributed by atoms with Crippen molar-refractivity contribution in [2.45, 2.75) is 32.1 Å². The fraction of sp³-hybridized carbons (Fsp3) is 0.571. The Morgan fingerprint density at radius 2 is 1.88 bits per heavy atom. The minimum Gasteiger partial charge on any atom is -0.508 e. The van der Waals surface area contributed by atoms with Crippen molar-refractivity contribution in [1.29, 1.82) is 0 Å². The van der Waals surface area contributed by atoms with Gasteiger partial charge in [0.05, 0.1) is 0 Å². The Balaban J connectivity index is 2.11. The van der Waals surface area contributed by atoms with Crippen LogP contribution in [-0.4, -0.2) is 18.2 Å². The zero-order valence-corrected chi connectivity index (χ0v) is 9.95. The van der Waals surface area contributed by atoms with E-state index in [9.17, 15) is 5.11 Å². The summed E-state index contributed by atoms with van der Waals surface area (Å²) in [4.78, 5) is 0. The Labute approximate surface area is 97.7 Å². The molecule has 0 aromatic heterocycles. The standard InChI is InChI=1S/C14H21NO/c1-2-14(12-7-9-15-10-8-12)11-3-5-13(16)6-4-11/h3-6,12,14-16H,2,7-10H2,1H3. The number of benzene rings is 1. The zero-order chi connectivity index (χ0) is 11.4. The number of hydrogen-bond acceptors (Lipinski definition) is 2. The van der Waals surface area contributed by atoms with Crippen molar-refractivity contribution in [3.8, 4) is 5.75 Å². The van der Waals surface area contributed by atoms with Crippen LogP contribution >= 0.6 is 0 Å². The van der Waals surface area contributed by atoms with Gasteiger partial charge >= 0.3 is 0 Å². The van der Waals surface area contributed by atoms with E-state index in [4.69, 9.17) is 0 Å². The van der Waals surface area contributed by atoms with Crippen LogP contribution in [-0.2, 0) is 0 Å². The van der Waals surface area contributed by atoms with Gasteiger partial charge in [-0.25, -0.2) is 0 Å². The predicted octanol–water partition coefficient (Wildman–Crippen LogP) is 2.89. The third-order valence-electron chi connectivity index (χ3n) is 3.71. The zero-order valence-electron chi connectivity index (χ0n) is 9.95. The number of phenols is 1. The van der Waals surface area contributed by atoms with Crippen molar-refractivity contribution in [1.82, 2.24) is 5.32 Å². The molecule has 1 fully saturated rings. The van der Waals surface area contributed by atoms with E-state index in [1.165, 1.54) is 24.8 Å². The molecule has 2 N–H and O–H groups in total. The van der Waals surface area contributed by atoms with Gasteiger partial charge in [0.25, 0.3) is 0 Å². The van der Waals surface area contributed by atoms with E-state index in [0.717, 1.165) is 19.0 Å². The third-order valence-corrected chi connectivity index (χ3v) is 3.71. The summed E-state index contributed by atoms with van der Waals surface area (Å²) in [7, 11) is 0. The molecule has 2 nitrogen and oxygen atoms in total. The van der Waals surface area contributed by atoms with Crippen molar-refractivity contribution in [3.05, 3.63) is 29.8 Å². The smallest absolute Gasteiger partial charge is 0.115 e. The molecule has 16 heavy (non-hydrogen) atoms. The quantitative estimate of drug-likeness (QED) is 0.819. The molecule has 1 aliphatic heterocycles. The molecule has 1 aliphatic rings. The normalized spacial score (nSPS) is 19.6. The molecular weight excluding hydrogens is 198 g/mol. The maximum absolute atomic E-state index is 9.31. The van der Waals surface area contributed by atoms with Gasteiger partial charge in [0, 0.05) is 0 Å². The summed E-state index contributed by atoms with van der Waals surface area (Å²) in [6.45, 7) is 4.57. The average molecular weight is 219 g/mol. The highest BCUT2D eigenvalue weighted by Crippen LogP contribution is 2.34. The highest BCUT2D eigenvalue weighted by molar-refractivity contribution is 5.28. The molecule has 1 unspecified atom stereocenters. The van der Waals surface area contributed by atoms with Crippen LogP contribution in [0.3, 0.4) is 0 Å². The number of rotatable bonds is 3. The van der Waals surface area contributed by atoms with Crippen molar-refractivity contribution in [2.24, 2.45) is 5.92 Å². The Morgan fingerprint density at radius 3 is 2.44 bits per heavy atom. The molecule has 0 bridgehead atoms.